The Labute approximate surface area is 83.4 Å². The van der Waals surface area contributed by atoms with Gasteiger partial charge in [0.25, 0.3) is 0 Å². The normalized spacial score (nSPS) is 12.1. The van der Waals surface area contributed by atoms with E-state index in [9.17, 15) is 0 Å². The van der Waals surface area contributed by atoms with Crippen molar-refractivity contribution >= 4 is 11.6 Å². The highest BCUT2D eigenvalue weighted by Crippen LogP contribution is 2.04. The van der Waals surface area contributed by atoms with Crippen molar-refractivity contribution in [3.05, 3.63) is 23.8 Å². The van der Waals surface area contributed by atoms with Gasteiger partial charge in [-0.05, 0) is 13.3 Å². The molecule has 1 rings (SSSR count). The lowest BCUT2D eigenvalue weighted by molar-refractivity contribution is 0.713. The lowest BCUT2D eigenvalue weighted by Crippen LogP contribution is -2.00. The van der Waals surface area contributed by atoms with E-state index in [1.54, 1.807) is 11.0 Å². The molecule has 0 unspecified atom stereocenters. The summed E-state index contributed by atoms with van der Waals surface area (Å²) in [6.07, 6.45) is 5.49. The maximum Gasteiger partial charge on any atom is 0.138 e. The summed E-state index contributed by atoms with van der Waals surface area (Å²) in [4.78, 5) is 4.14. The maximum absolute atomic E-state index is 5.58. The van der Waals surface area contributed by atoms with Gasteiger partial charge in [-0.25, -0.2) is 4.98 Å². The first-order valence-corrected chi connectivity index (χ1v) is 4.82. The molecule has 3 nitrogen and oxygen atoms in total. The first-order chi connectivity index (χ1) is 6.24. The molecule has 0 N–H and O–H groups in total. The van der Waals surface area contributed by atoms with Crippen LogP contribution in [0.5, 0.6) is 0 Å². The second kappa shape index (κ2) is 5.02. The fourth-order valence-electron chi connectivity index (χ4n) is 1.10. The van der Waals surface area contributed by atoms with Gasteiger partial charge >= 0.3 is 0 Å². The fraction of sp³-hybridized carbons (Fsp3) is 0.556. The Morgan fingerprint density at radius 1 is 1.69 bits per heavy atom. The predicted octanol–water partition coefficient (Wildman–Crippen LogP) is 1.93. The Hall–Kier alpha value is -0.830. The van der Waals surface area contributed by atoms with Crippen LogP contribution in [0.4, 0.5) is 0 Å². The Morgan fingerprint density at radius 2 is 2.46 bits per heavy atom. The summed E-state index contributed by atoms with van der Waals surface area (Å²) < 4.78 is 1.79. The monoisotopic (exact) mass is 199 g/mol. The molecule has 0 spiro atoms. The zero-order chi connectivity index (χ0) is 9.68. The van der Waals surface area contributed by atoms with E-state index in [2.05, 4.69) is 23.1 Å². The van der Waals surface area contributed by atoms with Crippen LogP contribution in [0.25, 0.3) is 0 Å². The molecular weight excluding hydrogens is 186 g/mol. The lowest BCUT2D eigenvalue weighted by Gasteiger charge is -2.00. The van der Waals surface area contributed by atoms with Crippen molar-refractivity contribution in [2.24, 2.45) is 7.05 Å². The molecule has 0 aliphatic carbocycles. The molecule has 72 valence electrons. The Balaban J connectivity index is 2.54. The topological polar surface area (TPSA) is 30.7 Å². The van der Waals surface area contributed by atoms with Crippen LogP contribution in [-0.4, -0.2) is 20.6 Å². The van der Waals surface area contributed by atoms with Crippen LogP contribution in [0.3, 0.4) is 0 Å². The number of aromatic nitrogens is 3. The summed E-state index contributed by atoms with van der Waals surface area (Å²) in [5.41, 5.74) is 1.29. The van der Waals surface area contributed by atoms with Gasteiger partial charge in [0.05, 0.1) is 0 Å². The summed E-state index contributed by atoms with van der Waals surface area (Å²) in [6.45, 7) is 2.08. The van der Waals surface area contributed by atoms with Gasteiger partial charge in [0.2, 0.25) is 0 Å². The van der Waals surface area contributed by atoms with E-state index in [4.69, 9.17) is 11.6 Å². The van der Waals surface area contributed by atoms with Crippen molar-refractivity contribution < 1.29 is 0 Å². The van der Waals surface area contributed by atoms with Gasteiger partial charge in [-0.3, -0.25) is 4.68 Å². The minimum Gasteiger partial charge on any atom is -0.253 e. The number of halogens is 1. The number of hydrogen-bond donors (Lipinski definition) is 0. The van der Waals surface area contributed by atoms with Crippen LogP contribution in [0, 0.1) is 0 Å². The highest BCUT2D eigenvalue weighted by molar-refractivity contribution is 6.17. The zero-order valence-electron chi connectivity index (χ0n) is 8.00. The molecule has 0 aliphatic heterocycles. The molecule has 0 radical (unpaired) electrons. The molecule has 0 atom stereocenters. The Kier molecular flexibility index (Phi) is 3.96. The van der Waals surface area contributed by atoms with Crippen LogP contribution in [-0.2, 0) is 13.5 Å². The highest BCUT2D eigenvalue weighted by Gasteiger charge is 2.00. The van der Waals surface area contributed by atoms with Crippen LogP contribution >= 0.6 is 11.6 Å². The lowest BCUT2D eigenvalue weighted by atomic mass is 10.2. The van der Waals surface area contributed by atoms with E-state index in [1.165, 1.54) is 5.57 Å². The summed E-state index contributed by atoms with van der Waals surface area (Å²) >= 11 is 5.58. The van der Waals surface area contributed by atoms with E-state index < -0.39 is 0 Å². The average molecular weight is 200 g/mol. The van der Waals surface area contributed by atoms with E-state index >= 15 is 0 Å². The Bertz CT molecular complexity index is 291. The summed E-state index contributed by atoms with van der Waals surface area (Å²) in [5.74, 6) is 1.67. The van der Waals surface area contributed by atoms with E-state index in [1.807, 2.05) is 7.05 Å². The number of alkyl halides is 1. The van der Waals surface area contributed by atoms with Crippen molar-refractivity contribution in [3.63, 3.8) is 0 Å². The smallest absolute Gasteiger partial charge is 0.138 e. The predicted molar refractivity (Wildman–Crippen MR) is 53.8 cm³/mol. The second-order valence-corrected chi connectivity index (χ2v) is 3.38. The van der Waals surface area contributed by atoms with Crippen LogP contribution in [0.15, 0.2) is 18.0 Å². The molecular formula is C9H14ClN3. The van der Waals surface area contributed by atoms with Crippen LogP contribution in [0.1, 0.15) is 19.2 Å². The number of nitrogens with zero attached hydrogens (tertiary/aromatic N) is 3. The highest BCUT2D eigenvalue weighted by atomic mass is 35.5. The quantitative estimate of drug-likeness (QED) is 0.548. The largest absolute Gasteiger partial charge is 0.253 e. The SMILES string of the molecule is CC(=CCCCl)Cc1ncnn1C. The maximum atomic E-state index is 5.58. The third kappa shape index (κ3) is 3.19. The summed E-state index contributed by atoms with van der Waals surface area (Å²) in [7, 11) is 1.90. The minimum absolute atomic E-state index is 0.677. The number of allylic oxidation sites excluding steroid dienone is 2. The van der Waals surface area contributed by atoms with E-state index in [0.29, 0.717) is 5.88 Å². The van der Waals surface area contributed by atoms with Gasteiger partial charge in [-0.2, -0.15) is 5.10 Å². The van der Waals surface area contributed by atoms with Crippen LogP contribution in [0.2, 0.25) is 0 Å². The third-order valence-electron chi connectivity index (χ3n) is 1.84. The third-order valence-corrected chi connectivity index (χ3v) is 2.06. The molecule has 0 aliphatic rings. The molecule has 0 saturated heterocycles. The van der Waals surface area contributed by atoms with Gasteiger partial charge in [-0.1, -0.05) is 11.6 Å². The molecule has 1 heterocycles. The summed E-state index contributed by atoms with van der Waals surface area (Å²) in [6, 6.07) is 0. The average Bonchev–Trinajstić information content (AvgIpc) is 2.48. The van der Waals surface area contributed by atoms with Gasteiger partial charge in [0.1, 0.15) is 12.2 Å². The van der Waals surface area contributed by atoms with Gasteiger partial charge in [-0.15, -0.1) is 11.6 Å². The van der Waals surface area contributed by atoms with E-state index in [0.717, 1.165) is 18.7 Å². The fourth-order valence-corrected chi connectivity index (χ4v) is 1.21. The van der Waals surface area contributed by atoms with Crippen molar-refractivity contribution in [1.29, 1.82) is 0 Å². The second-order valence-electron chi connectivity index (χ2n) is 3.00. The molecule has 1 aromatic heterocycles. The molecule has 0 aromatic carbocycles. The molecule has 0 saturated carbocycles. The first-order valence-electron chi connectivity index (χ1n) is 4.28. The van der Waals surface area contributed by atoms with Crippen molar-refractivity contribution in [3.8, 4) is 0 Å². The van der Waals surface area contributed by atoms with Gasteiger partial charge in [0, 0.05) is 19.3 Å². The molecule has 1 aromatic rings. The molecule has 0 amide bonds. The number of hydrogen-bond acceptors (Lipinski definition) is 2. The molecule has 0 bridgehead atoms. The van der Waals surface area contributed by atoms with Crippen LogP contribution < -0.4 is 0 Å². The summed E-state index contributed by atoms with van der Waals surface area (Å²) in [5, 5.41) is 4.00. The minimum atomic E-state index is 0.677. The van der Waals surface area contributed by atoms with Gasteiger partial charge in [0.15, 0.2) is 0 Å². The van der Waals surface area contributed by atoms with Crippen molar-refractivity contribution in [2.75, 3.05) is 5.88 Å². The molecule has 4 heteroatoms. The number of rotatable bonds is 4. The van der Waals surface area contributed by atoms with Crippen molar-refractivity contribution in [1.82, 2.24) is 14.8 Å². The molecule has 13 heavy (non-hydrogen) atoms. The zero-order valence-corrected chi connectivity index (χ0v) is 8.75. The van der Waals surface area contributed by atoms with Crippen molar-refractivity contribution in [2.45, 2.75) is 19.8 Å². The number of aryl methyl sites for hydroxylation is 1. The molecule has 0 fully saturated rings. The standard InChI is InChI=1S/C9H14ClN3/c1-8(4-3-5-10)6-9-11-7-12-13(9)2/h4,7H,3,5-6H2,1-2H3. The van der Waals surface area contributed by atoms with Gasteiger partial charge < -0.3 is 0 Å². The van der Waals surface area contributed by atoms with E-state index in [-0.39, 0.29) is 0 Å². The first kappa shape index (κ1) is 10.3. The Morgan fingerprint density at radius 3 is 3.00 bits per heavy atom.